The number of rotatable bonds is 4. The minimum absolute atomic E-state index is 0.0659. The summed E-state index contributed by atoms with van der Waals surface area (Å²) in [6, 6.07) is 4.66. The molecule has 1 unspecified atom stereocenters. The van der Waals surface area contributed by atoms with Crippen LogP contribution >= 0.6 is 31.9 Å². The molecule has 1 amide bonds. The van der Waals surface area contributed by atoms with Gasteiger partial charge in [-0.2, -0.15) is 0 Å². The van der Waals surface area contributed by atoms with E-state index in [1.807, 2.05) is 6.92 Å². The van der Waals surface area contributed by atoms with E-state index in [1.165, 1.54) is 6.07 Å². The van der Waals surface area contributed by atoms with Crippen LogP contribution in [0.1, 0.15) is 17.3 Å². The van der Waals surface area contributed by atoms with E-state index in [2.05, 4.69) is 37.2 Å². The van der Waals surface area contributed by atoms with Crippen molar-refractivity contribution in [2.75, 3.05) is 11.9 Å². The molecular weight excluding hydrogens is 341 g/mol. The molecule has 5 heteroatoms. The highest BCUT2D eigenvalue weighted by Gasteiger charge is 2.13. The molecule has 0 radical (unpaired) electrons. The SMILES string of the molecule is CC(CBr)CNC(=O)c1cccc(Br)c1F. The minimum atomic E-state index is -0.522. The van der Waals surface area contributed by atoms with Gasteiger partial charge in [0.05, 0.1) is 10.0 Å². The largest absolute Gasteiger partial charge is 0.352 e. The van der Waals surface area contributed by atoms with Crippen molar-refractivity contribution in [3.63, 3.8) is 0 Å². The second kappa shape index (κ2) is 6.35. The number of hydrogen-bond acceptors (Lipinski definition) is 1. The Balaban J connectivity index is 2.70. The van der Waals surface area contributed by atoms with Gasteiger partial charge >= 0.3 is 0 Å². The number of carbonyl (C=O) groups excluding carboxylic acids is 1. The molecule has 0 saturated carbocycles. The van der Waals surface area contributed by atoms with E-state index < -0.39 is 5.82 Å². The summed E-state index contributed by atoms with van der Waals surface area (Å²) in [6.45, 7) is 2.52. The zero-order valence-corrected chi connectivity index (χ0v) is 11.9. The Morgan fingerprint density at radius 3 is 2.88 bits per heavy atom. The summed E-state index contributed by atoms with van der Waals surface area (Å²) < 4.78 is 13.8. The van der Waals surface area contributed by atoms with Gasteiger partial charge in [-0.15, -0.1) is 0 Å². The van der Waals surface area contributed by atoms with Crippen molar-refractivity contribution in [2.24, 2.45) is 5.92 Å². The first-order chi connectivity index (χ1) is 7.56. The van der Waals surface area contributed by atoms with Crippen LogP contribution in [-0.4, -0.2) is 17.8 Å². The molecule has 0 aliphatic heterocycles. The van der Waals surface area contributed by atoms with Crippen LogP contribution in [0.2, 0.25) is 0 Å². The number of carbonyl (C=O) groups is 1. The summed E-state index contributed by atoms with van der Waals surface area (Å²) in [6.07, 6.45) is 0. The van der Waals surface area contributed by atoms with Crippen molar-refractivity contribution >= 4 is 37.8 Å². The lowest BCUT2D eigenvalue weighted by Gasteiger charge is -2.10. The standard InChI is InChI=1S/C11H12Br2FNO/c1-7(5-12)6-15-11(16)8-3-2-4-9(13)10(8)14/h2-4,7H,5-6H2,1H3,(H,15,16). The van der Waals surface area contributed by atoms with Crippen LogP contribution in [-0.2, 0) is 0 Å². The van der Waals surface area contributed by atoms with Gasteiger partial charge in [-0.1, -0.05) is 28.9 Å². The van der Waals surface area contributed by atoms with E-state index in [0.29, 0.717) is 16.9 Å². The molecule has 0 aliphatic rings. The number of halogens is 3. The maximum Gasteiger partial charge on any atom is 0.254 e. The van der Waals surface area contributed by atoms with Crippen molar-refractivity contribution in [1.29, 1.82) is 0 Å². The fourth-order valence-electron chi connectivity index (χ4n) is 1.10. The second-order valence-electron chi connectivity index (χ2n) is 3.57. The molecule has 88 valence electrons. The Morgan fingerprint density at radius 1 is 1.56 bits per heavy atom. The van der Waals surface area contributed by atoms with Gasteiger partial charge in [0, 0.05) is 11.9 Å². The Hall–Kier alpha value is -0.420. The zero-order chi connectivity index (χ0) is 12.1. The van der Waals surface area contributed by atoms with E-state index in [1.54, 1.807) is 12.1 Å². The molecule has 1 N–H and O–H groups in total. The van der Waals surface area contributed by atoms with Crippen molar-refractivity contribution in [3.8, 4) is 0 Å². The van der Waals surface area contributed by atoms with Crippen LogP contribution in [0.25, 0.3) is 0 Å². The molecule has 2 nitrogen and oxygen atoms in total. The smallest absolute Gasteiger partial charge is 0.254 e. The second-order valence-corrected chi connectivity index (χ2v) is 5.07. The monoisotopic (exact) mass is 351 g/mol. The predicted octanol–water partition coefficient (Wildman–Crippen LogP) is 3.35. The third kappa shape index (κ3) is 3.56. The fraction of sp³-hybridized carbons (Fsp3) is 0.364. The first-order valence-electron chi connectivity index (χ1n) is 4.84. The van der Waals surface area contributed by atoms with Crippen LogP contribution in [0.15, 0.2) is 22.7 Å². The lowest BCUT2D eigenvalue weighted by atomic mass is 10.2. The zero-order valence-electron chi connectivity index (χ0n) is 8.77. The quantitative estimate of drug-likeness (QED) is 0.827. The molecular formula is C11H12Br2FNO. The van der Waals surface area contributed by atoms with Gasteiger partial charge in [0.25, 0.3) is 5.91 Å². The van der Waals surface area contributed by atoms with E-state index in [0.717, 1.165) is 5.33 Å². The predicted molar refractivity (Wildman–Crippen MR) is 69.4 cm³/mol. The molecule has 1 atom stereocenters. The Morgan fingerprint density at radius 2 is 2.25 bits per heavy atom. The normalized spacial score (nSPS) is 12.2. The fourth-order valence-corrected chi connectivity index (χ4v) is 1.69. The summed E-state index contributed by atoms with van der Waals surface area (Å²) in [5, 5.41) is 3.49. The average molecular weight is 353 g/mol. The minimum Gasteiger partial charge on any atom is -0.352 e. The van der Waals surface area contributed by atoms with Crippen LogP contribution in [0.3, 0.4) is 0 Å². The molecule has 0 aromatic heterocycles. The van der Waals surface area contributed by atoms with E-state index >= 15 is 0 Å². The first-order valence-corrected chi connectivity index (χ1v) is 6.76. The van der Waals surface area contributed by atoms with Crippen LogP contribution in [0.5, 0.6) is 0 Å². The van der Waals surface area contributed by atoms with Crippen molar-refractivity contribution < 1.29 is 9.18 Å². The Labute approximate surface area is 111 Å². The molecule has 0 fully saturated rings. The number of amides is 1. The number of alkyl halides is 1. The van der Waals surface area contributed by atoms with Gasteiger partial charge in [-0.05, 0) is 34.0 Å². The molecule has 0 saturated heterocycles. The summed E-state index contributed by atoms with van der Waals surface area (Å²) in [5.41, 5.74) is 0.0659. The third-order valence-corrected chi connectivity index (χ3v) is 3.79. The molecule has 0 bridgehead atoms. The molecule has 0 spiro atoms. The maximum absolute atomic E-state index is 13.5. The van der Waals surface area contributed by atoms with Gasteiger partial charge in [-0.3, -0.25) is 4.79 Å². The van der Waals surface area contributed by atoms with Gasteiger partial charge < -0.3 is 5.32 Å². The van der Waals surface area contributed by atoms with Crippen molar-refractivity contribution in [3.05, 3.63) is 34.1 Å². The molecule has 1 aromatic rings. The van der Waals surface area contributed by atoms with E-state index in [-0.39, 0.29) is 11.5 Å². The average Bonchev–Trinajstić information content (AvgIpc) is 2.29. The number of nitrogens with one attached hydrogen (secondary N) is 1. The summed E-state index contributed by atoms with van der Waals surface area (Å²) in [7, 11) is 0. The lowest BCUT2D eigenvalue weighted by molar-refractivity contribution is 0.0945. The molecule has 1 aromatic carbocycles. The molecule has 0 heterocycles. The highest BCUT2D eigenvalue weighted by atomic mass is 79.9. The first kappa shape index (κ1) is 13.6. The topological polar surface area (TPSA) is 29.1 Å². The lowest BCUT2D eigenvalue weighted by Crippen LogP contribution is -2.29. The number of benzene rings is 1. The van der Waals surface area contributed by atoms with Gasteiger partial charge in [-0.25, -0.2) is 4.39 Å². The van der Waals surface area contributed by atoms with Gasteiger partial charge in [0.2, 0.25) is 0 Å². The molecule has 1 rings (SSSR count). The van der Waals surface area contributed by atoms with E-state index in [9.17, 15) is 9.18 Å². The summed E-state index contributed by atoms with van der Waals surface area (Å²) >= 11 is 6.36. The third-order valence-electron chi connectivity index (χ3n) is 2.07. The maximum atomic E-state index is 13.5. The van der Waals surface area contributed by atoms with Gasteiger partial charge in [0.15, 0.2) is 0 Å². The summed E-state index contributed by atoms with van der Waals surface area (Å²) in [5.74, 6) is -0.586. The highest BCUT2D eigenvalue weighted by Crippen LogP contribution is 2.18. The van der Waals surface area contributed by atoms with Crippen LogP contribution in [0, 0.1) is 11.7 Å². The van der Waals surface area contributed by atoms with Crippen LogP contribution < -0.4 is 5.32 Å². The Kier molecular flexibility index (Phi) is 5.41. The van der Waals surface area contributed by atoms with E-state index in [4.69, 9.17) is 0 Å². The molecule has 16 heavy (non-hydrogen) atoms. The summed E-state index contributed by atoms with van der Waals surface area (Å²) in [4.78, 5) is 11.7. The van der Waals surface area contributed by atoms with Crippen molar-refractivity contribution in [2.45, 2.75) is 6.92 Å². The van der Waals surface area contributed by atoms with Gasteiger partial charge in [0.1, 0.15) is 5.82 Å². The highest BCUT2D eigenvalue weighted by molar-refractivity contribution is 9.10. The number of hydrogen-bond donors (Lipinski definition) is 1. The van der Waals surface area contributed by atoms with Crippen LogP contribution in [0.4, 0.5) is 4.39 Å². The Bertz CT molecular complexity index is 384. The van der Waals surface area contributed by atoms with Crippen molar-refractivity contribution in [1.82, 2.24) is 5.32 Å². The molecule has 0 aliphatic carbocycles.